The molecule has 0 aliphatic rings. The van der Waals surface area contributed by atoms with E-state index < -0.39 is 12.9 Å². The molecule has 94 valence electrons. The van der Waals surface area contributed by atoms with Gasteiger partial charge < -0.3 is 4.48 Å². The summed E-state index contributed by atoms with van der Waals surface area (Å²) in [5.41, 5.74) is 0. The number of hydrogen-bond acceptors (Lipinski definition) is 0. The van der Waals surface area contributed by atoms with Gasteiger partial charge in [-0.05, 0) is 27.7 Å². The van der Waals surface area contributed by atoms with Gasteiger partial charge in [-0.1, -0.05) is 0 Å². The van der Waals surface area contributed by atoms with Crippen molar-refractivity contribution in [1.29, 1.82) is 0 Å². The van der Waals surface area contributed by atoms with Crippen molar-refractivity contribution in [2.75, 3.05) is 32.9 Å². The maximum absolute atomic E-state index is 10.4. The summed E-state index contributed by atoms with van der Waals surface area (Å²) in [5, 5.41) is 0. The van der Waals surface area contributed by atoms with Gasteiger partial charge in [-0.3, -0.25) is 0 Å². The second-order valence-electron chi connectivity index (χ2n) is 3.36. The normalized spacial score (nSPS) is 12.0. The highest BCUT2D eigenvalue weighted by Crippen LogP contribution is 2.13. The van der Waals surface area contributed by atoms with Crippen molar-refractivity contribution >= 4 is 0 Å². The zero-order valence-corrected chi connectivity index (χ0v) is 9.99. The van der Waals surface area contributed by atoms with Crippen molar-refractivity contribution in [3.63, 3.8) is 0 Å². The maximum Gasteiger partial charge on any atom is 0.416 e. The first kappa shape index (κ1) is 17.1. The highest BCUT2D eigenvalue weighted by atomic mass is 19.4. The van der Waals surface area contributed by atoms with Crippen molar-refractivity contribution in [2.45, 2.75) is 33.9 Å². The molecule has 0 saturated heterocycles. The van der Waals surface area contributed by atoms with Crippen LogP contribution < -0.4 is 0 Å². The van der Waals surface area contributed by atoms with E-state index in [1.165, 1.54) is 30.7 Å². The van der Waals surface area contributed by atoms with E-state index in [0.29, 0.717) is 0 Å². The minimum absolute atomic E-state index is 1.28. The van der Waals surface area contributed by atoms with Gasteiger partial charge in [-0.2, -0.15) is 13.2 Å². The van der Waals surface area contributed by atoms with Gasteiger partial charge in [-0.15, -0.1) is 0 Å². The maximum atomic E-state index is 10.4. The molecule has 0 radical (unpaired) electrons. The summed E-state index contributed by atoms with van der Waals surface area (Å²) < 4.78 is 42.9. The third kappa shape index (κ3) is 8.66. The average Bonchev–Trinajstić information content (AvgIpc) is 2.22. The predicted molar refractivity (Wildman–Crippen MR) is 54.5 cm³/mol. The van der Waals surface area contributed by atoms with Crippen molar-refractivity contribution in [2.24, 2.45) is 0 Å². The standard InChI is InChI=1S/C8H20N.C2H2F4/c1-5-9(6-2,7-3)8-4;3-1-2(4,5)6/h5-8H2,1-4H3;1H2/q+1;. The molecule has 0 rings (SSSR count). The van der Waals surface area contributed by atoms with E-state index in [4.69, 9.17) is 0 Å². The number of alkyl halides is 4. The summed E-state index contributed by atoms with van der Waals surface area (Å²) in [5.74, 6) is 0. The van der Waals surface area contributed by atoms with Crippen LogP contribution >= 0.6 is 0 Å². The Bertz CT molecular complexity index is 123. The fraction of sp³-hybridized carbons (Fsp3) is 1.00. The van der Waals surface area contributed by atoms with E-state index in [9.17, 15) is 17.6 Å². The topological polar surface area (TPSA) is 0 Å². The van der Waals surface area contributed by atoms with Gasteiger partial charge in [0, 0.05) is 0 Å². The number of halogens is 4. The van der Waals surface area contributed by atoms with Gasteiger partial charge in [0.25, 0.3) is 0 Å². The molecule has 0 aromatic carbocycles. The lowest BCUT2D eigenvalue weighted by molar-refractivity contribution is -0.921. The van der Waals surface area contributed by atoms with Crippen molar-refractivity contribution in [1.82, 2.24) is 0 Å². The number of nitrogens with zero attached hydrogens (tertiary/aromatic N) is 1. The zero-order chi connectivity index (χ0) is 12.5. The number of hydrogen-bond donors (Lipinski definition) is 0. The molecule has 0 amide bonds. The van der Waals surface area contributed by atoms with E-state index in [-0.39, 0.29) is 0 Å². The van der Waals surface area contributed by atoms with Crippen LogP contribution in [0, 0.1) is 0 Å². The molecule has 0 heterocycles. The van der Waals surface area contributed by atoms with Crippen LogP contribution in [0.4, 0.5) is 17.6 Å². The van der Waals surface area contributed by atoms with Crippen LogP contribution in [0.15, 0.2) is 0 Å². The fourth-order valence-corrected chi connectivity index (χ4v) is 1.34. The molecule has 5 heteroatoms. The Morgan fingerprint density at radius 2 is 1.00 bits per heavy atom. The predicted octanol–water partition coefficient (Wildman–Crippen LogP) is 3.40. The quantitative estimate of drug-likeness (QED) is 0.515. The second-order valence-corrected chi connectivity index (χ2v) is 3.36. The van der Waals surface area contributed by atoms with Crippen LogP contribution in [-0.2, 0) is 0 Å². The molecule has 0 aliphatic heterocycles. The van der Waals surface area contributed by atoms with Crippen molar-refractivity contribution < 1.29 is 22.0 Å². The SMILES string of the molecule is CC[N+](CC)(CC)CC.FCC(F)(F)F. The lowest BCUT2D eigenvalue weighted by atomic mass is 10.3. The smallest absolute Gasteiger partial charge is 0.325 e. The first-order chi connectivity index (χ1) is 6.80. The average molecular weight is 232 g/mol. The highest BCUT2D eigenvalue weighted by Gasteiger charge is 2.26. The third-order valence-electron chi connectivity index (χ3n) is 2.83. The Morgan fingerprint density at radius 1 is 0.800 bits per heavy atom. The highest BCUT2D eigenvalue weighted by molar-refractivity contribution is 4.39. The molecule has 0 N–H and O–H groups in total. The summed E-state index contributed by atoms with van der Waals surface area (Å²) in [6.45, 7) is 12.0. The Kier molecular flexibility index (Phi) is 9.01. The van der Waals surface area contributed by atoms with E-state index in [2.05, 4.69) is 27.7 Å². The minimum atomic E-state index is -4.62. The number of rotatable bonds is 4. The zero-order valence-electron chi connectivity index (χ0n) is 9.99. The molecule has 0 aromatic heterocycles. The van der Waals surface area contributed by atoms with Gasteiger partial charge >= 0.3 is 6.18 Å². The van der Waals surface area contributed by atoms with Crippen LogP contribution in [0.2, 0.25) is 0 Å². The van der Waals surface area contributed by atoms with E-state index in [1.807, 2.05) is 0 Å². The van der Waals surface area contributed by atoms with Crippen molar-refractivity contribution in [3.8, 4) is 0 Å². The summed E-state index contributed by atoms with van der Waals surface area (Å²) in [6.07, 6.45) is -4.62. The molecule has 0 fully saturated rings. The molecule has 0 saturated carbocycles. The van der Waals surface area contributed by atoms with E-state index in [0.717, 1.165) is 0 Å². The van der Waals surface area contributed by atoms with Crippen molar-refractivity contribution in [3.05, 3.63) is 0 Å². The summed E-state index contributed by atoms with van der Waals surface area (Å²) in [6, 6.07) is 0. The molecule has 15 heavy (non-hydrogen) atoms. The van der Waals surface area contributed by atoms with Crippen LogP contribution in [0.25, 0.3) is 0 Å². The largest absolute Gasteiger partial charge is 0.416 e. The lowest BCUT2D eigenvalue weighted by Crippen LogP contribution is -2.47. The van der Waals surface area contributed by atoms with Gasteiger partial charge in [-0.25, -0.2) is 4.39 Å². The molecule has 1 nitrogen and oxygen atoms in total. The molecular weight excluding hydrogens is 210 g/mol. The Labute approximate surface area is 89.7 Å². The summed E-state index contributed by atoms with van der Waals surface area (Å²) in [7, 11) is 0. The molecule has 0 spiro atoms. The van der Waals surface area contributed by atoms with Crippen LogP contribution in [0.3, 0.4) is 0 Å². The molecule has 0 aromatic rings. The van der Waals surface area contributed by atoms with Gasteiger partial charge in [0.15, 0.2) is 6.67 Å². The first-order valence-corrected chi connectivity index (χ1v) is 5.28. The summed E-state index contributed by atoms with van der Waals surface area (Å²) >= 11 is 0. The van der Waals surface area contributed by atoms with Crippen LogP contribution in [0.5, 0.6) is 0 Å². The second kappa shape index (κ2) is 7.91. The third-order valence-corrected chi connectivity index (χ3v) is 2.83. The molecule has 0 aliphatic carbocycles. The van der Waals surface area contributed by atoms with Gasteiger partial charge in [0.1, 0.15) is 0 Å². The fourth-order valence-electron chi connectivity index (χ4n) is 1.34. The summed E-state index contributed by atoms with van der Waals surface area (Å²) in [4.78, 5) is 0. The van der Waals surface area contributed by atoms with Gasteiger partial charge in [0.2, 0.25) is 0 Å². The number of quaternary nitrogens is 1. The van der Waals surface area contributed by atoms with E-state index in [1.54, 1.807) is 0 Å². The minimum Gasteiger partial charge on any atom is -0.325 e. The van der Waals surface area contributed by atoms with Crippen LogP contribution in [0.1, 0.15) is 27.7 Å². The Balaban J connectivity index is 0. The molecule has 0 atom stereocenters. The molecule has 0 unspecified atom stereocenters. The first-order valence-electron chi connectivity index (χ1n) is 5.28. The Morgan fingerprint density at radius 3 is 1.00 bits per heavy atom. The van der Waals surface area contributed by atoms with Crippen LogP contribution in [-0.4, -0.2) is 43.5 Å². The van der Waals surface area contributed by atoms with E-state index >= 15 is 0 Å². The van der Waals surface area contributed by atoms with Gasteiger partial charge in [0.05, 0.1) is 26.2 Å². The lowest BCUT2D eigenvalue weighted by Gasteiger charge is -2.34. The molecular formula is C10H22F4N+. The monoisotopic (exact) mass is 232 g/mol. The Hall–Kier alpha value is -0.320. The molecule has 0 bridgehead atoms.